The van der Waals surface area contributed by atoms with Gasteiger partial charge in [-0.15, -0.1) is 0 Å². The van der Waals surface area contributed by atoms with Gasteiger partial charge in [0.1, 0.15) is 5.82 Å². The maximum Gasteiger partial charge on any atom is 0.125 e. The number of anilines is 1. The Hall–Kier alpha value is -1.81. The molecule has 0 bridgehead atoms. The van der Waals surface area contributed by atoms with Gasteiger partial charge >= 0.3 is 0 Å². The number of hydrogen-bond acceptors (Lipinski definition) is 3. The lowest BCUT2D eigenvalue weighted by molar-refractivity contribution is 0.276. The smallest absolute Gasteiger partial charge is 0.125 e. The predicted molar refractivity (Wildman–Crippen MR) is 67.0 cm³/mol. The Morgan fingerprint density at radius 2 is 1.88 bits per heavy atom. The maximum absolute atomic E-state index is 5.96. The van der Waals surface area contributed by atoms with E-state index in [1.54, 1.807) is 4.68 Å². The molecule has 0 saturated carbocycles. The van der Waals surface area contributed by atoms with Gasteiger partial charge in [0.05, 0.1) is 6.20 Å². The average molecular weight is 228 g/mol. The van der Waals surface area contributed by atoms with E-state index in [4.69, 9.17) is 5.73 Å². The van der Waals surface area contributed by atoms with E-state index in [1.165, 1.54) is 11.1 Å². The molecule has 88 valence electrons. The van der Waals surface area contributed by atoms with Crippen LogP contribution in [0, 0.1) is 0 Å². The van der Waals surface area contributed by atoms with Gasteiger partial charge in [0.25, 0.3) is 0 Å². The molecule has 0 unspecified atom stereocenters. The lowest BCUT2D eigenvalue weighted by Crippen LogP contribution is -2.16. The molecule has 0 radical (unpaired) electrons. The lowest BCUT2D eigenvalue weighted by Gasteiger charge is -2.13. The molecule has 2 heterocycles. The summed E-state index contributed by atoms with van der Waals surface area (Å²) in [4.78, 5) is 2.39. The molecule has 1 aliphatic rings. The second-order valence-corrected chi connectivity index (χ2v) is 4.59. The van der Waals surface area contributed by atoms with Crippen molar-refractivity contribution >= 4 is 5.82 Å². The van der Waals surface area contributed by atoms with Gasteiger partial charge in [-0.3, -0.25) is 9.58 Å². The van der Waals surface area contributed by atoms with Gasteiger partial charge in [-0.25, -0.2) is 0 Å². The Morgan fingerprint density at radius 3 is 2.41 bits per heavy atom. The number of benzene rings is 1. The minimum absolute atomic E-state index is 0.765. The fourth-order valence-electron chi connectivity index (χ4n) is 2.37. The van der Waals surface area contributed by atoms with Crippen LogP contribution in [-0.2, 0) is 26.7 Å². The monoisotopic (exact) mass is 228 g/mol. The zero-order chi connectivity index (χ0) is 11.8. The third-order valence-electron chi connectivity index (χ3n) is 3.36. The second kappa shape index (κ2) is 3.89. The first kappa shape index (κ1) is 10.4. The van der Waals surface area contributed by atoms with Gasteiger partial charge in [0.15, 0.2) is 0 Å². The molecular weight excluding hydrogens is 212 g/mol. The van der Waals surface area contributed by atoms with Crippen molar-refractivity contribution in [3.63, 3.8) is 0 Å². The molecule has 4 heteroatoms. The van der Waals surface area contributed by atoms with Crippen LogP contribution in [0.4, 0.5) is 5.82 Å². The van der Waals surface area contributed by atoms with Gasteiger partial charge in [0, 0.05) is 32.2 Å². The molecule has 0 spiro atoms. The van der Waals surface area contributed by atoms with Crippen LogP contribution in [0.2, 0.25) is 0 Å². The minimum atomic E-state index is 0.765. The molecule has 0 amide bonds. The number of aromatic nitrogens is 2. The molecule has 1 aliphatic heterocycles. The molecule has 0 aliphatic carbocycles. The van der Waals surface area contributed by atoms with Crippen LogP contribution < -0.4 is 5.73 Å². The summed E-state index contributed by atoms with van der Waals surface area (Å²) in [5.41, 5.74) is 9.92. The highest BCUT2D eigenvalue weighted by atomic mass is 15.3. The van der Waals surface area contributed by atoms with Crippen LogP contribution in [0.15, 0.2) is 30.5 Å². The van der Waals surface area contributed by atoms with E-state index in [-0.39, 0.29) is 0 Å². The summed E-state index contributed by atoms with van der Waals surface area (Å²) in [6.45, 7) is 2.88. The van der Waals surface area contributed by atoms with Crippen LogP contribution in [0.3, 0.4) is 0 Å². The van der Waals surface area contributed by atoms with Crippen molar-refractivity contribution in [3.8, 4) is 0 Å². The molecular formula is C13H16N4. The molecule has 0 atom stereocenters. The summed E-state index contributed by atoms with van der Waals surface area (Å²) in [5, 5.41) is 4.17. The van der Waals surface area contributed by atoms with Crippen LogP contribution in [0.5, 0.6) is 0 Å². The lowest BCUT2D eigenvalue weighted by atomic mass is 10.1. The molecule has 1 aromatic carbocycles. The van der Waals surface area contributed by atoms with Crippen LogP contribution in [0.25, 0.3) is 0 Å². The molecule has 1 aromatic heterocycles. The fraction of sp³-hybridized carbons (Fsp3) is 0.308. The van der Waals surface area contributed by atoms with E-state index in [1.807, 2.05) is 13.2 Å². The highest BCUT2D eigenvalue weighted by molar-refractivity contribution is 5.39. The van der Waals surface area contributed by atoms with E-state index in [0.29, 0.717) is 0 Å². The summed E-state index contributed by atoms with van der Waals surface area (Å²) in [6, 6.07) is 8.59. The molecule has 0 saturated heterocycles. The maximum atomic E-state index is 5.96. The van der Waals surface area contributed by atoms with E-state index >= 15 is 0 Å². The molecule has 3 rings (SSSR count). The van der Waals surface area contributed by atoms with Gasteiger partial charge in [0.2, 0.25) is 0 Å². The first-order valence-electron chi connectivity index (χ1n) is 5.79. The average Bonchev–Trinajstić information content (AvgIpc) is 2.87. The SMILES string of the molecule is Cn1ncc(CN2Cc3ccccc3C2)c1N. The van der Waals surface area contributed by atoms with Crippen molar-refractivity contribution in [3.05, 3.63) is 47.2 Å². The van der Waals surface area contributed by atoms with E-state index in [0.717, 1.165) is 31.0 Å². The molecule has 4 nitrogen and oxygen atoms in total. The zero-order valence-corrected chi connectivity index (χ0v) is 9.93. The summed E-state index contributed by atoms with van der Waals surface area (Å²) in [5.74, 6) is 0.765. The second-order valence-electron chi connectivity index (χ2n) is 4.59. The Balaban J connectivity index is 1.76. The number of nitrogens with zero attached hydrogens (tertiary/aromatic N) is 3. The number of nitrogens with two attached hydrogens (primary N) is 1. The fourth-order valence-corrected chi connectivity index (χ4v) is 2.37. The highest BCUT2D eigenvalue weighted by Crippen LogP contribution is 2.24. The van der Waals surface area contributed by atoms with Gasteiger partial charge < -0.3 is 5.73 Å². The third kappa shape index (κ3) is 1.80. The van der Waals surface area contributed by atoms with Crippen molar-refractivity contribution in [2.45, 2.75) is 19.6 Å². The van der Waals surface area contributed by atoms with Crippen molar-refractivity contribution < 1.29 is 0 Å². The standard InChI is InChI=1S/C13H16N4/c1-16-13(14)12(6-15-16)9-17-7-10-4-2-3-5-11(10)8-17/h2-6H,7-9,14H2,1H3. The summed E-state index contributed by atoms with van der Waals surface area (Å²) < 4.78 is 1.72. The van der Waals surface area contributed by atoms with E-state index < -0.39 is 0 Å². The van der Waals surface area contributed by atoms with E-state index in [9.17, 15) is 0 Å². The van der Waals surface area contributed by atoms with Crippen LogP contribution >= 0.6 is 0 Å². The largest absolute Gasteiger partial charge is 0.384 e. The Kier molecular flexibility index (Phi) is 2.37. The predicted octanol–water partition coefficient (Wildman–Crippen LogP) is 1.52. The van der Waals surface area contributed by atoms with Gasteiger partial charge in [-0.2, -0.15) is 5.10 Å². The first-order chi connectivity index (χ1) is 8.24. The highest BCUT2D eigenvalue weighted by Gasteiger charge is 2.19. The Bertz CT molecular complexity index is 519. The number of fused-ring (bicyclic) bond motifs is 1. The first-order valence-corrected chi connectivity index (χ1v) is 5.79. The van der Waals surface area contributed by atoms with Crippen molar-refractivity contribution in [2.75, 3.05) is 5.73 Å². The zero-order valence-electron chi connectivity index (χ0n) is 9.93. The molecule has 0 fully saturated rings. The summed E-state index contributed by atoms with van der Waals surface area (Å²) in [7, 11) is 1.87. The number of nitrogen functional groups attached to an aromatic ring is 1. The van der Waals surface area contributed by atoms with E-state index in [2.05, 4.69) is 34.3 Å². The minimum Gasteiger partial charge on any atom is -0.384 e. The van der Waals surface area contributed by atoms with Crippen molar-refractivity contribution in [1.29, 1.82) is 0 Å². The molecule has 2 aromatic rings. The normalized spacial score (nSPS) is 15.1. The molecule has 2 N–H and O–H groups in total. The summed E-state index contributed by atoms with van der Waals surface area (Å²) >= 11 is 0. The number of aryl methyl sites for hydroxylation is 1. The number of hydrogen-bond donors (Lipinski definition) is 1. The van der Waals surface area contributed by atoms with Gasteiger partial charge in [-0.05, 0) is 11.1 Å². The van der Waals surface area contributed by atoms with Crippen LogP contribution in [-0.4, -0.2) is 14.7 Å². The van der Waals surface area contributed by atoms with Crippen molar-refractivity contribution in [1.82, 2.24) is 14.7 Å². The van der Waals surface area contributed by atoms with Crippen LogP contribution in [0.1, 0.15) is 16.7 Å². The quantitative estimate of drug-likeness (QED) is 0.847. The van der Waals surface area contributed by atoms with Gasteiger partial charge in [-0.1, -0.05) is 24.3 Å². The topological polar surface area (TPSA) is 47.1 Å². The number of rotatable bonds is 2. The Morgan fingerprint density at radius 1 is 1.24 bits per heavy atom. The third-order valence-corrected chi connectivity index (χ3v) is 3.36. The Labute approximate surface area is 101 Å². The summed E-state index contributed by atoms with van der Waals surface area (Å²) in [6.07, 6.45) is 1.86. The molecule has 17 heavy (non-hydrogen) atoms. The van der Waals surface area contributed by atoms with Crippen molar-refractivity contribution in [2.24, 2.45) is 7.05 Å².